The molecule has 1 N–H and O–H groups in total. The SMILES string of the molecule is CN1CCN(Cc2ccc(-n3cc(-c4nc(NC5CCN(S(C)(=O)=O)CC5)ncc4C#N)cn3)c(Cl)c2)CC1=O. The second kappa shape index (κ2) is 11.5. The third-order valence-corrected chi connectivity index (χ3v) is 8.83. The van der Waals surface area contributed by atoms with Crippen LogP contribution in [0.25, 0.3) is 16.9 Å². The second-order valence-corrected chi connectivity index (χ2v) is 12.5. The summed E-state index contributed by atoms with van der Waals surface area (Å²) in [5.41, 5.74) is 3.05. The highest BCUT2D eigenvalue weighted by atomic mass is 35.5. The lowest BCUT2D eigenvalue weighted by molar-refractivity contribution is -0.134. The number of amides is 1. The van der Waals surface area contributed by atoms with Crippen molar-refractivity contribution in [2.24, 2.45) is 0 Å². The van der Waals surface area contributed by atoms with E-state index < -0.39 is 10.0 Å². The topological polar surface area (TPSA) is 140 Å². The quantitative estimate of drug-likeness (QED) is 0.442. The summed E-state index contributed by atoms with van der Waals surface area (Å²) < 4.78 is 26.7. The van der Waals surface area contributed by atoms with Crippen LogP contribution in [0, 0.1) is 11.3 Å². The van der Waals surface area contributed by atoms with Gasteiger partial charge in [-0.2, -0.15) is 10.4 Å². The molecule has 0 aliphatic carbocycles. The molecular weight excluding hydrogens is 554 g/mol. The zero-order valence-corrected chi connectivity index (χ0v) is 23.9. The van der Waals surface area contributed by atoms with Gasteiger partial charge in [-0.25, -0.2) is 27.4 Å². The molecule has 4 heterocycles. The molecule has 0 spiro atoms. The zero-order valence-electron chi connectivity index (χ0n) is 22.3. The smallest absolute Gasteiger partial charge is 0.236 e. The van der Waals surface area contributed by atoms with Gasteiger partial charge in [0.05, 0.1) is 47.2 Å². The summed E-state index contributed by atoms with van der Waals surface area (Å²) in [7, 11) is -1.39. The Kier molecular flexibility index (Phi) is 8.04. The van der Waals surface area contributed by atoms with Crippen LogP contribution in [-0.4, -0.2) is 100 Å². The predicted octanol–water partition coefficient (Wildman–Crippen LogP) is 1.96. The van der Waals surface area contributed by atoms with Crippen LogP contribution in [0.4, 0.5) is 5.95 Å². The lowest BCUT2D eigenvalue weighted by Crippen LogP contribution is -2.47. The van der Waals surface area contributed by atoms with E-state index in [4.69, 9.17) is 11.6 Å². The van der Waals surface area contributed by atoms with Crippen LogP contribution < -0.4 is 5.32 Å². The first-order valence-electron chi connectivity index (χ1n) is 12.9. The fourth-order valence-electron chi connectivity index (χ4n) is 4.88. The zero-order chi connectivity index (χ0) is 28.4. The van der Waals surface area contributed by atoms with Crippen molar-refractivity contribution < 1.29 is 13.2 Å². The molecule has 0 radical (unpaired) electrons. The molecule has 2 aromatic heterocycles. The number of hydrogen-bond donors (Lipinski definition) is 1. The summed E-state index contributed by atoms with van der Waals surface area (Å²) in [5, 5.41) is 17.9. The Hall–Kier alpha value is -3.57. The van der Waals surface area contributed by atoms with Crippen LogP contribution in [0.5, 0.6) is 0 Å². The number of halogens is 1. The molecule has 210 valence electrons. The van der Waals surface area contributed by atoms with Crippen LogP contribution in [0.3, 0.4) is 0 Å². The Balaban J connectivity index is 1.30. The molecule has 1 aromatic carbocycles. The van der Waals surface area contributed by atoms with Crippen molar-refractivity contribution in [1.29, 1.82) is 5.26 Å². The highest BCUT2D eigenvalue weighted by Gasteiger charge is 2.26. The number of sulfonamides is 1. The number of hydrogen-bond acceptors (Lipinski definition) is 9. The van der Waals surface area contributed by atoms with E-state index in [1.165, 1.54) is 16.8 Å². The van der Waals surface area contributed by atoms with Gasteiger partial charge in [-0.15, -0.1) is 0 Å². The average Bonchev–Trinajstić information content (AvgIpc) is 3.40. The molecule has 5 rings (SSSR count). The van der Waals surface area contributed by atoms with E-state index in [9.17, 15) is 18.5 Å². The van der Waals surface area contributed by atoms with E-state index in [-0.39, 0.29) is 11.9 Å². The first-order valence-corrected chi connectivity index (χ1v) is 15.1. The predicted molar refractivity (Wildman–Crippen MR) is 150 cm³/mol. The van der Waals surface area contributed by atoms with Crippen LogP contribution in [-0.2, 0) is 21.4 Å². The number of nitrogens with zero attached hydrogens (tertiary/aromatic N) is 8. The molecule has 2 aliphatic rings. The van der Waals surface area contributed by atoms with Gasteiger partial charge in [0.2, 0.25) is 21.9 Å². The van der Waals surface area contributed by atoms with E-state index >= 15 is 0 Å². The molecule has 2 aliphatic heterocycles. The van der Waals surface area contributed by atoms with Crippen molar-refractivity contribution >= 4 is 33.5 Å². The summed E-state index contributed by atoms with van der Waals surface area (Å²) in [6.45, 7) is 3.38. The number of carbonyl (C=O) groups is 1. The van der Waals surface area contributed by atoms with Gasteiger partial charge in [-0.05, 0) is 30.5 Å². The fraction of sp³-hybridized carbons (Fsp3) is 0.423. The number of piperidine rings is 1. The lowest BCUT2D eigenvalue weighted by atomic mass is 10.1. The second-order valence-electron chi connectivity index (χ2n) is 10.1. The van der Waals surface area contributed by atoms with E-state index in [0.29, 0.717) is 79.0 Å². The summed E-state index contributed by atoms with van der Waals surface area (Å²) in [4.78, 5) is 24.7. The number of carbonyl (C=O) groups excluding carboxylic acids is 1. The highest BCUT2D eigenvalue weighted by Crippen LogP contribution is 2.27. The van der Waals surface area contributed by atoms with Gasteiger partial charge in [-0.3, -0.25) is 9.69 Å². The molecule has 0 atom stereocenters. The van der Waals surface area contributed by atoms with Gasteiger partial charge in [0.15, 0.2) is 0 Å². The van der Waals surface area contributed by atoms with Gasteiger partial charge in [0, 0.05) is 57.6 Å². The third-order valence-electron chi connectivity index (χ3n) is 7.22. The lowest BCUT2D eigenvalue weighted by Gasteiger charge is -2.31. The van der Waals surface area contributed by atoms with Gasteiger partial charge >= 0.3 is 0 Å². The molecule has 2 fully saturated rings. The molecule has 12 nitrogen and oxygen atoms in total. The fourth-order valence-corrected chi connectivity index (χ4v) is 6.04. The summed E-state index contributed by atoms with van der Waals surface area (Å²) >= 11 is 6.64. The van der Waals surface area contributed by atoms with Gasteiger partial charge in [0.25, 0.3) is 0 Å². The number of anilines is 1. The molecule has 0 saturated carbocycles. The van der Waals surface area contributed by atoms with Crippen LogP contribution >= 0.6 is 11.6 Å². The normalized spacial score (nSPS) is 17.6. The molecule has 0 bridgehead atoms. The standard InChI is InChI=1S/C26H30ClN9O3S/c1-33-9-10-34(17-24(33)37)15-18-3-4-23(22(27)11-18)36-16-20(14-30-36)25-19(12-28)13-29-26(32-25)31-21-5-7-35(8-6-21)40(2,38)39/h3-4,11,13-14,16,21H,5-10,15,17H2,1-2H3,(H,29,31,32). The Morgan fingerprint density at radius 3 is 2.62 bits per heavy atom. The van der Waals surface area contributed by atoms with Crippen molar-refractivity contribution in [3.63, 3.8) is 0 Å². The van der Waals surface area contributed by atoms with Crippen molar-refractivity contribution in [1.82, 2.24) is 33.9 Å². The van der Waals surface area contributed by atoms with E-state index in [1.54, 1.807) is 22.0 Å². The Bertz CT molecular complexity index is 1560. The number of nitrogens with one attached hydrogen (secondary N) is 1. The van der Waals surface area contributed by atoms with Crippen molar-refractivity contribution in [3.05, 3.63) is 52.9 Å². The Morgan fingerprint density at radius 1 is 1.18 bits per heavy atom. The largest absolute Gasteiger partial charge is 0.351 e. The number of likely N-dealkylation sites (N-methyl/N-ethyl adjacent to an activating group) is 1. The molecular formula is C26H30ClN9O3S. The maximum absolute atomic E-state index is 12.0. The molecule has 2 saturated heterocycles. The van der Waals surface area contributed by atoms with Crippen molar-refractivity contribution in [3.8, 4) is 23.0 Å². The van der Waals surface area contributed by atoms with Crippen LogP contribution in [0.2, 0.25) is 5.02 Å². The third kappa shape index (κ3) is 6.26. The molecule has 40 heavy (non-hydrogen) atoms. The molecule has 1 amide bonds. The molecule has 14 heteroatoms. The number of rotatable bonds is 7. The average molecular weight is 584 g/mol. The van der Waals surface area contributed by atoms with Crippen LogP contribution in [0.1, 0.15) is 24.0 Å². The van der Waals surface area contributed by atoms with Gasteiger partial charge < -0.3 is 10.2 Å². The minimum absolute atomic E-state index is 0.0165. The minimum Gasteiger partial charge on any atom is -0.351 e. The minimum atomic E-state index is -3.21. The Morgan fingerprint density at radius 2 is 1.95 bits per heavy atom. The van der Waals surface area contributed by atoms with Crippen molar-refractivity contribution in [2.45, 2.75) is 25.4 Å². The van der Waals surface area contributed by atoms with E-state index in [1.807, 2.05) is 25.2 Å². The molecule has 0 unspecified atom stereocenters. The maximum Gasteiger partial charge on any atom is 0.236 e. The number of piperazine rings is 1. The number of nitriles is 1. The molecule has 3 aromatic rings. The van der Waals surface area contributed by atoms with E-state index in [0.717, 1.165) is 12.1 Å². The maximum atomic E-state index is 12.0. The van der Waals surface area contributed by atoms with E-state index in [2.05, 4.69) is 31.4 Å². The number of aromatic nitrogens is 4. The first-order chi connectivity index (χ1) is 19.1. The van der Waals surface area contributed by atoms with Crippen LogP contribution in [0.15, 0.2) is 36.8 Å². The first kappa shape index (κ1) is 28.0. The monoisotopic (exact) mass is 583 g/mol. The summed E-state index contributed by atoms with van der Waals surface area (Å²) in [6, 6.07) is 7.88. The summed E-state index contributed by atoms with van der Waals surface area (Å²) in [5.74, 6) is 0.472. The van der Waals surface area contributed by atoms with Gasteiger partial charge in [-0.1, -0.05) is 17.7 Å². The van der Waals surface area contributed by atoms with Gasteiger partial charge in [0.1, 0.15) is 6.07 Å². The van der Waals surface area contributed by atoms with Crippen molar-refractivity contribution in [2.75, 3.05) is 51.3 Å². The summed E-state index contributed by atoms with van der Waals surface area (Å²) in [6.07, 6.45) is 7.33. The Labute approximate surface area is 238 Å². The number of benzene rings is 1. The highest BCUT2D eigenvalue weighted by molar-refractivity contribution is 7.88.